The fourth-order valence-electron chi connectivity index (χ4n) is 0.653. The van der Waals surface area contributed by atoms with Gasteiger partial charge >= 0.3 is 13.6 Å². The molecule has 0 spiro atoms. The lowest BCUT2D eigenvalue weighted by Crippen LogP contribution is -2.41. The number of hydrogen-bond acceptors (Lipinski definition) is 4. The largest absolute Gasteiger partial charge is 0.349 e. The average molecular weight is 260 g/mol. The third-order valence-electron chi connectivity index (χ3n) is 1.51. The van der Waals surface area contributed by atoms with Gasteiger partial charge in [0.2, 0.25) is 0 Å². The van der Waals surface area contributed by atoms with Crippen LogP contribution in [0.15, 0.2) is 5.29 Å². The Kier molecular flexibility index (Phi) is 5.74. The monoisotopic (exact) mass is 259 g/mol. The molecule has 1 atom stereocenters. The van der Waals surface area contributed by atoms with Gasteiger partial charge in [0.15, 0.2) is 5.78 Å². The van der Waals surface area contributed by atoms with Gasteiger partial charge in [-0.25, -0.2) is 4.79 Å². The van der Waals surface area contributed by atoms with E-state index < -0.39 is 19.4 Å². The molecule has 0 aliphatic rings. The van der Waals surface area contributed by atoms with Crippen LogP contribution >= 0.6 is 19.2 Å². The minimum Gasteiger partial charge on any atom is -0.335 e. The van der Waals surface area contributed by atoms with Crippen LogP contribution in [0.3, 0.4) is 0 Å². The van der Waals surface area contributed by atoms with Crippen LogP contribution in [0.4, 0.5) is 4.79 Å². The summed E-state index contributed by atoms with van der Waals surface area (Å²) in [4.78, 5) is 38.8. The lowest BCUT2D eigenvalue weighted by molar-refractivity contribution is 0.187. The van der Waals surface area contributed by atoms with Crippen molar-refractivity contribution in [3.63, 3.8) is 0 Å². The van der Waals surface area contributed by atoms with Crippen LogP contribution < -0.4 is 5.32 Å². The van der Waals surface area contributed by atoms with E-state index in [1.165, 1.54) is 0 Å². The van der Waals surface area contributed by atoms with Crippen molar-refractivity contribution in [2.45, 2.75) is 12.7 Å². The molecule has 8 nitrogen and oxygen atoms in total. The van der Waals surface area contributed by atoms with Crippen LogP contribution in [0.25, 0.3) is 0 Å². The minimum absolute atomic E-state index is 0.0697. The molecule has 3 N–H and O–H groups in total. The molecule has 2 amide bonds. The number of nitrogens with one attached hydrogen (secondary N) is 1. The molecule has 0 aromatic rings. The van der Waals surface area contributed by atoms with E-state index in [4.69, 9.17) is 21.4 Å². The van der Waals surface area contributed by atoms with E-state index in [1.54, 1.807) is 0 Å². The third kappa shape index (κ3) is 4.57. The number of carbonyl (C=O) groups is 1. The Hall–Kier alpha value is -0.690. The summed E-state index contributed by atoms with van der Waals surface area (Å²) in [5, 5.41) is 4.54. The minimum atomic E-state index is -4.58. The van der Waals surface area contributed by atoms with Gasteiger partial charge in [-0.2, -0.15) is 5.01 Å². The van der Waals surface area contributed by atoms with E-state index in [1.807, 2.05) is 0 Å². The molecule has 15 heavy (non-hydrogen) atoms. The normalized spacial score (nSPS) is 13.1. The van der Waals surface area contributed by atoms with E-state index in [0.717, 1.165) is 6.92 Å². The number of urea groups is 1. The Morgan fingerprint density at radius 3 is 2.53 bits per heavy atom. The van der Waals surface area contributed by atoms with Crippen molar-refractivity contribution in [2.24, 2.45) is 5.29 Å². The standard InChI is InChI=1S/C5H11ClN3O5P/c1-4(15(12,13)14)9(8-11)5(10)7-3-2-6/h4H,2-3H2,1H3,(H,7,10)(H2,12,13,14). The topological polar surface area (TPSA) is 119 Å². The zero-order valence-corrected chi connectivity index (χ0v) is 9.48. The number of hydrogen-bond donors (Lipinski definition) is 3. The fraction of sp³-hybridized carbons (Fsp3) is 0.800. The first-order valence-corrected chi connectivity index (χ1v) is 6.07. The molecule has 0 fully saturated rings. The van der Waals surface area contributed by atoms with Gasteiger partial charge in [0.1, 0.15) is 0 Å². The summed E-state index contributed by atoms with van der Waals surface area (Å²) in [5.74, 6) is -1.49. The molecule has 0 saturated carbocycles. The number of rotatable bonds is 5. The second kappa shape index (κ2) is 6.02. The Labute approximate surface area is 90.7 Å². The van der Waals surface area contributed by atoms with Gasteiger partial charge in [0.05, 0.1) is 5.29 Å². The highest BCUT2D eigenvalue weighted by molar-refractivity contribution is 7.52. The molecule has 0 radical (unpaired) electrons. The molecule has 88 valence electrons. The van der Waals surface area contributed by atoms with Crippen LogP contribution in [-0.2, 0) is 4.57 Å². The number of carbonyl (C=O) groups excluding carboxylic acids is 1. The Morgan fingerprint density at radius 1 is 1.67 bits per heavy atom. The van der Waals surface area contributed by atoms with Gasteiger partial charge in [-0.3, -0.25) is 4.57 Å². The Morgan fingerprint density at radius 2 is 2.20 bits per heavy atom. The van der Waals surface area contributed by atoms with Crippen molar-refractivity contribution < 1.29 is 19.1 Å². The van der Waals surface area contributed by atoms with Gasteiger partial charge in [0.25, 0.3) is 0 Å². The number of alkyl halides is 1. The Bertz CT molecular complexity index is 282. The van der Waals surface area contributed by atoms with Gasteiger partial charge in [-0.15, -0.1) is 16.5 Å². The summed E-state index contributed by atoms with van der Waals surface area (Å²) >= 11 is 5.27. The molecule has 0 saturated heterocycles. The van der Waals surface area contributed by atoms with Crippen LogP contribution in [0.1, 0.15) is 6.92 Å². The van der Waals surface area contributed by atoms with Crippen molar-refractivity contribution >= 4 is 25.2 Å². The summed E-state index contributed by atoms with van der Waals surface area (Å²) in [6, 6.07) is -0.999. The maximum Gasteiger partial charge on any atom is 0.349 e. The van der Waals surface area contributed by atoms with Crippen LogP contribution in [0.5, 0.6) is 0 Å². The number of amides is 2. The van der Waals surface area contributed by atoms with E-state index in [9.17, 15) is 14.3 Å². The van der Waals surface area contributed by atoms with E-state index in [2.05, 4.69) is 10.6 Å². The molecular formula is C5H11ClN3O5P. The van der Waals surface area contributed by atoms with E-state index in [0.29, 0.717) is 0 Å². The van der Waals surface area contributed by atoms with Crippen molar-refractivity contribution in [1.82, 2.24) is 10.3 Å². The second-order valence-electron chi connectivity index (χ2n) is 2.57. The zero-order chi connectivity index (χ0) is 12.1. The van der Waals surface area contributed by atoms with Crippen LogP contribution in [-0.4, -0.2) is 39.0 Å². The zero-order valence-electron chi connectivity index (χ0n) is 7.83. The number of halogens is 1. The summed E-state index contributed by atoms with van der Waals surface area (Å²) in [7, 11) is -4.58. The highest BCUT2D eigenvalue weighted by Crippen LogP contribution is 2.42. The van der Waals surface area contributed by atoms with Gasteiger partial charge in [-0.1, -0.05) is 0 Å². The molecule has 0 aliphatic heterocycles. The van der Waals surface area contributed by atoms with Gasteiger partial charge in [-0.05, 0) is 6.92 Å². The molecule has 0 heterocycles. The number of nitrogens with zero attached hydrogens (tertiary/aromatic N) is 2. The van der Waals surface area contributed by atoms with Crippen molar-refractivity contribution in [1.29, 1.82) is 0 Å². The first kappa shape index (κ1) is 14.3. The first-order valence-electron chi connectivity index (χ1n) is 3.86. The van der Waals surface area contributed by atoms with Gasteiger partial charge < -0.3 is 15.1 Å². The molecule has 0 aromatic heterocycles. The van der Waals surface area contributed by atoms with E-state index in [-0.39, 0.29) is 17.4 Å². The van der Waals surface area contributed by atoms with Crippen LogP contribution in [0, 0.1) is 4.91 Å². The van der Waals surface area contributed by atoms with E-state index >= 15 is 0 Å². The molecule has 10 heteroatoms. The summed E-state index contributed by atoms with van der Waals surface area (Å²) in [6.45, 7) is 1.09. The SMILES string of the molecule is CC(N(N=O)C(=O)NCCCl)P(=O)(O)O. The maximum absolute atomic E-state index is 11.1. The molecule has 0 aromatic carbocycles. The van der Waals surface area contributed by atoms with Crippen molar-refractivity contribution in [3.05, 3.63) is 4.91 Å². The van der Waals surface area contributed by atoms with Gasteiger partial charge in [0, 0.05) is 12.4 Å². The maximum atomic E-state index is 11.1. The second-order valence-corrected chi connectivity index (χ2v) is 4.87. The highest BCUT2D eigenvalue weighted by Gasteiger charge is 2.34. The first-order chi connectivity index (χ1) is 6.84. The summed E-state index contributed by atoms with van der Waals surface area (Å²) < 4.78 is 10.8. The third-order valence-corrected chi connectivity index (χ3v) is 2.89. The molecule has 0 rings (SSSR count). The molecule has 1 unspecified atom stereocenters. The lowest BCUT2D eigenvalue weighted by atomic mass is 10.6. The fourth-order valence-corrected chi connectivity index (χ4v) is 1.18. The number of nitroso groups, excluding NO2 is 1. The molecule has 0 aliphatic carbocycles. The molecular weight excluding hydrogens is 248 g/mol. The average Bonchev–Trinajstić information content (AvgIpc) is 2.14. The highest BCUT2D eigenvalue weighted by atomic mass is 35.5. The predicted molar refractivity (Wildman–Crippen MR) is 53.3 cm³/mol. The Balaban J connectivity index is 4.55. The van der Waals surface area contributed by atoms with Crippen molar-refractivity contribution in [2.75, 3.05) is 12.4 Å². The molecule has 0 bridgehead atoms. The summed E-state index contributed by atoms with van der Waals surface area (Å²) in [6.07, 6.45) is 0. The lowest BCUT2D eigenvalue weighted by Gasteiger charge is -2.21. The predicted octanol–water partition coefficient (Wildman–Crippen LogP) is 0.442. The summed E-state index contributed by atoms with van der Waals surface area (Å²) in [5.41, 5.74) is 0. The van der Waals surface area contributed by atoms with Crippen LogP contribution in [0.2, 0.25) is 0 Å². The smallest absolute Gasteiger partial charge is 0.335 e. The van der Waals surface area contributed by atoms with Crippen molar-refractivity contribution in [3.8, 4) is 0 Å². The quantitative estimate of drug-likeness (QED) is 0.286.